The third-order valence-electron chi connectivity index (χ3n) is 6.86. The van der Waals surface area contributed by atoms with E-state index in [0.717, 1.165) is 27.1 Å². The third kappa shape index (κ3) is 4.01. The molecule has 2 aliphatic rings. The molecule has 0 bridgehead atoms. The Kier molecular flexibility index (Phi) is 5.91. The SMILES string of the molecule is CCOc1ccc([C@H]2/C(=C(\O)c3ccc4c(c3)C[C@H](C)O4)C(=O)C(=O)N2c2nc3ccc(C)cc3s2)cc1. The van der Waals surface area contributed by atoms with Crippen LogP contribution in [0.4, 0.5) is 5.13 Å². The lowest BCUT2D eigenvalue weighted by atomic mass is 9.94. The second-order valence-electron chi connectivity index (χ2n) is 9.59. The van der Waals surface area contributed by atoms with E-state index in [1.807, 2.05) is 57.2 Å². The number of thiazole rings is 1. The van der Waals surface area contributed by atoms with Crippen molar-refractivity contribution in [1.29, 1.82) is 0 Å². The second kappa shape index (κ2) is 9.29. The van der Waals surface area contributed by atoms with E-state index in [-0.39, 0.29) is 17.4 Å². The van der Waals surface area contributed by atoms with Crippen LogP contribution in [0.15, 0.2) is 66.2 Å². The smallest absolute Gasteiger partial charge is 0.301 e. The highest BCUT2D eigenvalue weighted by Gasteiger charge is 2.48. The van der Waals surface area contributed by atoms with E-state index >= 15 is 0 Å². The Morgan fingerprint density at radius 2 is 1.92 bits per heavy atom. The Hall–Kier alpha value is -4.17. The van der Waals surface area contributed by atoms with Crippen LogP contribution in [0.25, 0.3) is 16.0 Å². The van der Waals surface area contributed by atoms with Crippen LogP contribution in [-0.4, -0.2) is 34.5 Å². The molecule has 1 fully saturated rings. The molecule has 4 aromatic rings. The summed E-state index contributed by atoms with van der Waals surface area (Å²) in [7, 11) is 0. The number of hydrogen-bond donors (Lipinski definition) is 1. The number of amides is 1. The van der Waals surface area contributed by atoms with Gasteiger partial charge in [0.05, 0.1) is 28.4 Å². The summed E-state index contributed by atoms with van der Waals surface area (Å²) in [5.41, 5.74) is 3.94. The zero-order valence-corrected chi connectivity index (χ0v) is 22.0. The number of carbonyl (C=O) groups excluding carboxylic acids is 2. The molecule has 0 unspecified atom stereocenters. The fraction of sp³-hybridized carbons (Fsp3) is 0.233. The topological polar surface area (TPSA) is 89.0 Å². The molecule has 1 amide bonds. The fourth-order valence-electron chi connectivity index (χ4n) is 5.11. The van der Waals surface area contributed by atoms with Gasteiger partial charge >= 0.3 is 5.91 Å². The van der Waals surface area contributed by atoms with Crippen LogP contribution in [0.3, 0.4) is 0 Å². The van der Waals surface area contributed by atoms with Crippen LogP contribution >= 0.6 is 11.3 Å². The summed E-state index contributed by atoms with van der Waals surface area (Å²) in [5.74, 6) is -0.246. The highest BCUT2D eigenvalue weighted by Crippen LogP contribution is 2.45. The predicted octanol–water partition coefficient (Wildman–Crippen LogP) is 5.95. The molecule has 192 valence electrons. The Morgan fingerprint density at radius 1 is 1.13 bits per heavy atom. The number of carbonyl (C=O) groups is 2. The maximum atomic E-state index is 13.5. The maximum Gasteiger partial charge on any atom is 0.301 e. The summed E-state index contributed by atoms with van der Waals surface area (Å²) >= 11 is 1.35. The Labute approximate surface area is 224 Å². The number of benzene rings is 3. The molecule has 3 heterocycles. The van der Waals surface area contributed by atoms with Crippen molar-refractivity contribution in [2.24, 2.45) is 0 Å². The number of aromatic nitrogens is 1. The lowest BCUT2D eigenvalue weighted by Gasteiger charge is -2.23. The quantitative estimate of drug-likeness (QED) is 0.196. The Bertz CT molecular complexity index is 1620. The minimum Gasteiger partial charge on any atom is -0.507 e. The van der Waals surface area contributed by atoms with Gasteiger partial charge in [0.1, 0.15) is 23.4 Å². The number of ether oxygens (including phenoxy) is 2. The van der Waals surface area contributed by atoms with Gasteiger partial charge in [-0.1, -0.05) is 29.5 Å². The molecule has 1 N–H and O–H groups in total. The van der Waals surface area contributed by atoms with Crippen molar-refractivity contribution < 1.29 is 24.2 Å². The van der Waals surface area contributed by atoms with Crippen molar-refractivity contribution in [2.75, 3.05) is 11.5 Å². The largest absolute Gasteiger partial charge is 0.507 e. The van der Waals surface area contributed by atoms with Gasteiger partial charge in [0, 0.05) is 12.0 Å². The zero-order chi connectivity index (χ0) is 26.6. The highest BCUT2D eigenvalue weighted by molar-refractivity contribution is 7.22. The molecular weight excluding hydrogens is 500 g/mol. The standard InChI is InChI=1S/C30H26N2O5S/c1-4-36-21-9-6-18(7-10-21)26-25(27(33)19-8-12-23-20(15-19)14-17(3)37-23)28(34)29(35)32(26)30-31-22-11-5-16(2)13-24(22)38-30/h5-13,15,17,26,33H,4,14H2,1-3H3/b27-25+/t17-,26-/m0/s1. The van der Waals surface area contributed by atoms with Crippen molar-refractivity contribution in [3.05, 3.63) is 88.5 Å². The number of aliphatic hydroxyl groups excluding tert-OH is 1. The first-order valence-electron chi connectivity index (χ1n) is 12.5. The molecule has 8 heteroatoms. The van der Waals surface area contributed by atoms with Gasteiger partial charge in [-0.25, -0.2) is 4.98 Å². The Balaban J connectivity index is 1.51. The predicted molar refractivity (Wildman–Crippen MR) is 147 cm³/mol. The van der Waals surface area contributed by atoms with Gasteiger partial charge in [0.25, 0.3) is 5.78 Å². The average molecular weight is 527 g/mol. The van der Waals surface area contributed by atoms with Gasteiger partial charge < -0.3 is 14.6 Å². The van der Waals surface area contributed by atoms with Crippen LogP contribution in [0.2, 0.25) is 0 Å². The number of anilines is 1. The molecule has 3 aromatic carbocycles. The minimum absolute atomic E-state index is 0.0292. The first-order valence-corrected chi connectivity index (χ1v) is 13.4. The molecule has 0 spiro atoms. The molecular formula is C30H26N2O5S. The van der Waals surface area contributed by atoms with E-state index in [0.29, 0.717) is 35.0 Å². The van der Waals surface area contributed by atoms with Gasteiger partial charge in [-0.3, -0.25) is 14.5 Å². The van der Waals surface area contributed by atoms with Crippen molar-refractivity contribution in [1.82, 2.24) is 4.98 Å². The van der Waals surface area contributed by atoms with Gasteiger partial charge in [-0.05, 0) is 79.9 Å². The number of rotatable bonds is 5. The minimum atomic E-state index is -0.851. The van der Waals surface area contributed by atoms with E-state index in [4.69, 9.17) is 14.5 Å². The summed E-state index contributed by atoms with van der Waals surface area (Å²) in [5, 5.41) is 11.9. The van der Waals surface area contributed by atoms with Crippen LogP contribution in [-0.2, 0) is 16.0 Å². The number of hydrogen-bond acceptors (Lipinski definition) is 7. The van der Waals surface area contributed by atoms with Crippen molar-refractivity contribution in [2.45, 2.75) is 39.3 Å². The van der Waals surface area contributed by atoms with Gasteiger partial charge in [-0.15, -0.1) is 0 Å². The summed E-state index contributed by atoms with van der Waals surface area (Å²) < 4.78 is 12.3. The summed E-state index contributed by atoms with van der Waals surface area (Å²) in [6, 6.07) is 17.6. The molecule has 0 aliphatic carbocycles. The Morgan fingerprint density at radius 3 is 2.68 bits per heavy atom. The fourth-order valence-corrected chi connectivity index (χ4v) is 6.20. The van der Waals surface area contributed by atoms with Crippen LogP contribution in [0.1, 0.15) is 42.1 Å². The van der Waals surface area contributed by atoms with Gasteiger partial charge in [0.2, 0.25) is 0 Å². The highest BCUT2D eigenvalue weighted by atomic mass is 32.1. The van der Waals surface area contributed by atoms with E-state index in [2.05, 4.69) is 0 Å². The summed E-state index contributed by atoms with van der Waals surface area (Å²) in [6.07, 6.45) is 0.748. The molecule has 7 nitrogen and oxygen atoms in total. The molecule has 38 heavy (non-hydrogen) atoms. The number of ketones is 1. The summed E-state index contributed by atoms with van der Waals surface area (Å²) in [6.45, 7) is 6.40. The summed E-state index contributed by atoms with van der Waals surface area (Å²) in [4.78, 5) is 33.2. The molecule has 6 rings (SSSR count). The van der Waals surface area contributed by atoms with Crippen LogP contribution < -0.4 is 14.4 Å². The molecule has 0 saturated carbocycles. The molecule has 1 saturated heterocycles. The van der Waals surface area contributed by atoms with Gasteiger partial charge in [0.15, 0.2) is 5.13 Å². The maximum absolute atomic E-state index is 13.5. The van der Waals surface area contributed by atoms with Crippen molar-refractivity contribution >= 4 is 44.1 Å². The normalized spacial score (nSPS) is 20.1. The third-order valence-corrected chi connectivity index (χ3v) is 7.88. The number of aliphatic hydroxyl groups is 1. The number of aryl methyl sites for hydroxylation is 1. The number of Topliss-reactive ketones (excluding diaryl/α,β-unsaturated/α-hetero) is 1. The average Bonchev–Trinajstić information content (AvgIpc) is 3.56. The first kappa shape index (κ1) is 24.2. The molecule has 1 aromatic heterocycles. The van der Waals surface area contributed by atoms with E-state index in [1.54, 1.807) is 24.3 Å². The van der Waals surface area contributed by atoms with Gasteiger partial charge in [-0.2, -0.15) is 0 Å². The molecule has 0 radical (unpaired) electrons. The zero-order valence-electron chi connectivity index (χ0n) is 21.2. The van der Waals surface area contributed by atoms with Crippen LogP contribution in [0, 0.1) is 6.92 Å². The number of fused-ring (bicyclic) bond motifs is 2. The lowest BCUT2D eigenvalue weighted by Crippen LogP contribution is -2.29. The number of nitrogens with zero attached hydrogens (tertiary/aromatic N) is 2. The molecule has 2 atom stereocenters. The lowest BCUT2D eigenvalue weighted by molar-refractivity contribution is -0.132. The monoisotopic (exact) mass is 526 g/mol. The van der Waals surface area contributed by atoms with Crippen molar-refractivity contribution in [3.8, 4) is 11.5 Å². The van der Waals surface area contributed by atoms with Crippen LogP contribution in [0.5, 0.6) is 11.5 Å². The first-order chi connectivity index (χ1) is 18.3. The van der Waals surface area contributed by atoms with E-state index in [1.165, 1.54) is 16.2 Å². The van der Waals surface area contributed by atoms with E-state index < -0.39 is 17.7 Å². The van der Waals surface area contributed by atoms with Crippen molar-refractivity contribution in [3.63, 3.8) is 0 Å². The second-order valence-corrected chi connectivity index (χ2v) is 10.6. The molecule has 2 aliphatic heterocycles. The van der Waals surface area contributed by atoms with E-state index in [9.17, 15) is 14.7 Å².